The third-order valence-electron chi connectivity index (χ3n) is 2.36. The average molecular weight is 258 g/mol. The highest BCUT2D eigenvalue weighted by Gasteiger charge is 2.09. The Kier molecular flexibility index (Phi) is 3.70. The molecule has 0 saturated carbocycles. The largest absolute Gasteiger partial charge is 0.469 e. The van der Waals surface area contributed by atoms with Crippen molar-refractivity contribution in [3.63, 3.8) is 0 Å². The molecule has 0 spiro atoms. The first-order valence-electron chi connectivity index (χ1n) is 5.24. The Bertz CT molecular complexity index is 613. The lowest BCUT2D eigenvalue weighted by Gasteiger charge is -1.97. The Morgan fingerprint density at radius 3 is 3.11 bits per heavy atom. The van der Waals surface area contributed by atoms with Crippen LogP contribution in [0.2, 0.25) is 0 Å². The number of aromatic nitrogens is 1. The molecule has 1 heterocycles. The van der Waals surface area contributed by atoms with Crippen molar-refractivity contribution in [2.45, 2.75) is 6.42 Å². The Morgan fingerprint density at radius 2 is 2.39 bits per heavy atom. The Morgan fingerprint density at radius 1 is 1.56 bits per heavy atom. The van der Waals surface area contributed by atoms with Gasteiger partial charge in [0.15, 0.2) is 0 Å². The molecular formula is C13H10N2O2S. The fraction of sp³-hybridized carbons (Fsp3) is 0.154. The molecule has 5 heteroatoms. The highest BCUT2D eigenvalue weighted by molar-refractivity contribution is 7.10. The molecule has 0 amide bonds. The van der Waals surface area contributed by atoms with Crippen molar-refractivity contribution in [2.24, 2.45) is 0 Å². The third-order valence-corrected chi connectivity index (χ3v) is 3.21. The number of thiazole rings is 1. The van der Waals surface area contributed by atoms with E-state index in [2.05, 4.69) is 15.8 Å². The van der Waals surface area contributed by atoms with Gasteiger partial charge in [-0.05, 0) is 12.1 Å². The molecule has 0 fully saturated rings. The molecule has 0 aliphatic carbocycles. The summed E-state index contributed by atoms with van der Waals surface area (Å²) in [5, 5.41) is 11.4. The van der Waals surface area contributed by atoms with Gasteiger partial charge in [-0.15, -0.1) is 11.3 Å². The molecule has 90 valence electrons. The molecule has 18 heavy (non-hydrogen) atoms. The summed E-state index contributed by atoms with van der Waals surface area (Å²) in [7, 11) is 1.35. The molecule has 0 saturated heterocycles. The van der Waals surface area contributed by atoms with Gasteiger partial charge in [0.05, 0.1) is 30.9 Å². The Labute approximate surface area is 108 Å². The van der Waals surface area contributed by atoms with Crippen molar-refractivity contribution in [2.75, 3.05) is 7.11 Å². The molecule has 4 nitrogen and oxygen atoms in total. The highest BCUT2D eigenvalue weighted by Crippen LogP contribution is 2.23. The fourth-order valence-electron chi connectivity index (χ4n) is 1.47. The van der Waals surface area contributed by atoms with Gasteiger partial charge in [-0.25, -0.2) is 4.98 Å². The molecular weight excluding hydrogens is 248 g/mol. The first kappa shape index (κ1) is 12.3. The van der Waals surface area contributed by atoms with E-state index in [4.69, 9.17) is 5.26 Å². The monoisotopic (exact) mass is 258 g/mol. The van der Waals surface area contributed by atoms with Crippen LogP contribution in [0, 0.1) is 11.3 Å². The smallest absolute Gasteiger partial charge is 0.312 e. The molecule has 0 aliphatic rings. The molecule has 0 aliphatic heterocycles. The van der Waals surface area contributed by atoms with E-state index in [9.17, 15) is 4.79 Å². The first-order chi connectivity index (χ1) is 8.72. The van der Waals surface area contributed by atoms with Gasteiger partial charge in [-0.3, -0.25) is 4.79 Å². The minimum atomic E-state index is -0.304. The Hall–Kier alpha value is -2.19. The lowest BCUT2D eigenvalue weighted by atomic mass is 10.1. The molecule has 2 rings (SSSR count). The number of methoxy groups -OCH3 is 1. The maximum atomic E-state index is 11.1. The summed E-state index contributed by atoms with van der Waals surface area (Å²) in [4.78, 5) is 15.5. The third kappa shape index (κ3) is 2.73. The minimum absolute atomic E-state index is 0.180. The van der Waals surface area contributed by atoms with Crippen LogP contribution in [-0.2, 0) is 16.0 Å². The van der Waals surface area contributed by atoms with Gasteiger partial charge in [0.25, 0.3) is 0 Å². The molecule has 1 aromatic carbocycles. The summed E-state index contributed by atoms with van der Waals surface area (Å²) in [6.45, 7) is 0. The zero-order valence-corrected chi connectivity index (χ0v) is 10.5. The van der Waals surface area contributed by atoms with Crippen LogP contribution in [0.15, 0.2) is 29.6 Å². The van der Waals surface area contributed by atoms with Gasteiger partial charge in [-0.1, -0.05) is 12.1 Å². The number of ether oxygens (including phenoxy) is 1. The van der Waals surface area contributed by atoms with E-state index in [1.807, 2.05) is 17.5 Å². The van der Waals surface area contributed by atoms with E-state index in [-0.39, 0.29) is 12.4 Å². The van der Waals surface area contributed by atoms with Crippen molar-refractivity contribution in [3.8, 4) is 17.3 Å². The lowest BCUT2D eigenvalue weighted by Crippen LogP contribution is -2.03. The number of hydrogen-bond acceptors (Lipinski definition) is 5. The molecule has 2 aromatic rings. The Balaban J connectivity index is 2.24. The summed E-state index contributed by atoms with van der Waals surface area (Å²) in [5.41, 5.74) is 2.24. The van der Waals surface area contributed by atoms with Crippen molar-refractivity contribution in [3.05, 3.63) is 40.2 Å². The lowest BCUT2D eigenvalue weighted by molar-refractivity contribution is -0.139. The number of carbonyl (C=O) groups is 1. The van der Waals surface area contributed by atoms with Crippen LogP contribution in [0.25, 0.3) is 11.3 Å². The second-order valence-electron chi connectivity index (χ2n) is 3.57. The molecule has 0 N–H and O–H groups in total. The molecule has 0 unspecified atom stereocenters. The van der Waals surface area contributed by atoms with Crippen molar-refractivity contribution >= 4 is 17.3 Å². The molecule has 1 aromatic heterocycles. The van der Waals surface area contributed by atoms with E-state index < -0.39 is 0 Å². The predicted molar refractivity (Wildman–Crippen MR) is 68.0 cm³/mol. The average Bonchev–Trinajstić information content (AvgIpc) is 2.87. The van der Waals surface area contributed by atoms with Gasteiger partial charge in [-0.2, -0.15) is 5.26 Å². The standard InChI is InChI=1S/C13H10N2O2S/c1-17-13(16)6-12-15-11(8-18-12)10-4-2-3-9(5-10)7-14/h2-5,8H,6H2,1H3. The van der Waals surface area contributed by atoms with Crippen LogP contribution in [0.5, 0.6) is 0 Å². The van der Waals surface area contributed by atoms with E-state index in [1.54, 1.807) is 12.1 Å². The number of nitrogens with zero attached hydrogens (tertiary/aromatic N) is 2. The van der Waals surface area contributed by atoms with Crippen molar-refractivity contribution in [1.29, 1.82) is 5.26 Å². The summed E-state index contributed by atoms with van der Waals surface area (Å²) in [6.07, 6.45) is 0.180. The second kappa shape index (κ2) is 5.43. The van der Waals surface area contributed by atoms with Crippen LogP contribution in [0.1, 0.15) is 10.6 Å². The maximum Gasteiger partial charge on any atom is 0.312 e. The van der Waals surface area contributed by atoms with Crippen molar-refractivity contribution < 1.29 is 9.53 Å². The van der Waals surface area contributed by atoms with Crippen molar-refractivity contribution in [1.82, 2.24) is 4.98 Å². The highest BCUT2D eigenvalue weighted by atomic mass is 32.1. The van der Waals surface area contributed by atoms with Gasteiger partial charge in [0, 0.05) is 10.9 Å². The van der Waals surface area contributed by atoms with Crippen LogP contribution in [0.3, 0.4) is 0 Å². The molecule has 0 bridgehead atoms. The number of esters is 1. The summed E-state index contributed by atoms with van der Waals surface area (Å²) in [5.74, 6) is -0.304. The zero-order chi connectivity index (χ0) is 13.0. The summed E-state index contributed by atoms with van der Waals surface area (Å²) < 4.78 is 4.59. The van der Waals surface area contributed by atoms with Gasteiger partial charge >= 0.3 is 5.97 Å². The van der Waals surface area contributed by atoms with Gasteiger partial charge < -0.3 is 4.74 Å². The quantitative estimate of drug-likeness (QED) is 0.793. The predicted octanol–water partition coefficient (Wildman–Crippen LogP) is 2.40. The van der Waals surface area contributed by atoms with E-state index in [1.165, 1.54) is 18.4 Å². The first-order valence-corrected chi connectivity index (χ1v) is 6.12. The fourth-order valence-corrected chi connectivity index (χ4v) is 2.26. The minimum Gasteiger partial charge on any atom is -0.469 e. The van der Waals surface area contributed by atoms with E-state index in [0.717, 1.165) is 11.3 Å². The molecule has 0 atom stereocenters. The van der Waals surface area contributed by atoms with Crippen LogP contribution in [-0.4, -0.2) is 18.1 Å². The topological polar surface area (TPSA) is 63.0 Å². The summed E-state index contributed by atoms with van der Waals surface area (Å²) >= 11 is 1.41. The van der Waals surface area contributed by atoms with Crippen LogP contribution in [0.4, 0.5) is 0 Å². The van der Waals surface area contributed by atoms with Crippen LogP contribution >= 0.6 is 11.3 Å². The maximum absolute atomic E-state index is 11.1. The molecule has 0 radical (unpaired) electrons. The zero-order valence-electron chi connectivity index (χ0n) is 9.71. The number of nitriles is 1. The van der Waals surface area contributed by atoms with Crippen LogP contribution < -0.4 is 0 Å². The number of benzene rings is 1. The number of carbonyl (C=O) groups excluding carboxylic acids is 1. The van der Waals surface area contributed by atoms with Gasteiger partial charge in [0.2, 0.25) is 0 Å². The van der Waals surface area contributed by atoms with E-state index in [0.29, 0.717) is 10.6 Å². The van der Waals surface area contributed by atoms with E-state index >= 15 is 0 Å². The SMILES string of the molecule is COC(=O)Cc1nc(-c2cccc(C#N)c2)cs1. The normalized spacial score (nSPS) is 9.78. The number of hydrogen-bond donors (Lipinski definition) is 0. The van der Waals surface area contributed by atoms with Gasteiger partial charge in [0.1, 0.15) is 5.01 Å². The summed E-state index contributed by atoms with van der Waals surface area (Å²) in [6, 6.07) is 9.30. The number of rotatable bonds is 3. The second-order valence-corrected chi connectivity index (χ2v) is 4.51.